The van der Waals surface area contributed by atoms with Gasteiger partial charge < -0.3 is 21.7 Å². The van der Waals surface area contributed by atoms with Crippen molar-refractivity contribution in [2.24, 2.45) is 0 Å². The van der Waals surface area contributed by atoms with E-state index in [1.807, 2.05) is 24.3 Å². The van der Waals surface area contributed by atoms with Gasteiger partial charge in [-0.15, -0.1) is 0 Å². The second-order valence-electron chi connectivity index (χ2n) is 7.26. The number of benzene rings is 2. The lowest BCUT2D eigenvalue weighted by Gasteiger charge is -2.33. The molecule has 0 fully saturated rings. The first kappa shape index (κ1) is 16.5. The number of anilines is 2. The molecule has 2 atom stereocenters. The fraction of sp³-hybridized carbons (Fsp3) is 0.400. The van der Waals surface area contributed by atoms with Crippen molar-refractivity contribution in [3.63, 3.8) is 0 Å². The monoisotopic (exact) mass is 326 g/mol. The quantitative estimate of drug-likeness (QED) is 0.506. The van der Waals surface area contributed by atoms with Gasteiger partial charge in [0.15, 0.2) is 0 Å². The molecule has 2 aromatic carbocycles. The number of phenols is 2. The molecule has 1 aliphatic rings. The Morgan fingerprint density at radius 1 is 0.917 bits per heavy atom. The Morgan fingerprint density at radius 2 is 1.58 bits per heavy atom. The smallest absolute Gasteiger partial charge is 0.138 e. The summed E-state index contributed by atoms with van der Waals surface area (Å²) in [5, 5.41) is 20.0. The van der Waals surface area contributed by atoms with Gasteiger partial charge in [-0.1, -0.05) is 26.8 Å². The van der Waals surface area contributed by atoms with Crippen molar-refractivity contribution in [3.8, 4) is 11.5 Å². The zero-order chi connectivity index (χ0) is 17.7. The summed E-state index contributed by atoms with van der Waals surface area (Å²) in [5.74, 6) is 0.223. The van der Waals surface area contributed by atoms with Crippen molar-refractivity contribution >= 4 is 11.4 Å². The summed E-state index contributed by atoms with van der Waals surface area (Å²) < 4.78 is 0. The molecule has 0 bridgehead atoms. The molecule has 24 heavy (non-hydrogen) atoms. The molecule has 0 radical (unpaired) electrons. The largest absolute Gasteiger partial charge is 0.506 e. The van der Waals surface area contributed by atoms with Crippen LogP contribution >= 0.6 is 0 Å². The minimum absolute atomic E-state index is 0.0141. The van der Waals surface area contributed by atoms with E-state index in [9.17, 15) is 10.2 Å². The third-order valence-electron chi connectivity index (χ3n) is 5.99. The highest BCUT2D eigenvalue weighted by molar-refractivity contribution is 5.65. The second kappa shape index (κ2) is 5.33. The van der Waals surface area contributed by atoms with Crippen LogP contribution < -0.4 is 11.5 Å². The predicted molar refractivity (Wildman–Crippen MR) is 98.4 cm³/mol. The van der Waals surface area contributed by atoms with Gasteiger partial charge in [-0.25, -0.2) is 0 Å². The average molecular weight is 326 g/mol. The molecule has 0 aliphatic heterocycles. The van der Waals surface area contributed by atoms with Gasteiger partial charge >= 0.3 is 0 Å². The second-order valence-corrected chi connectivity index (χ2v) is 7.26. The number of nitrogen functional groups attached to an aromatic ring is 2. The van der Waals surface area contributed by atoms with E-state index in [2.05, 4.69) is 20.8 Å². The van der Waals surface area contributed by atoms with Crippen LogP contribution in [-0.2, 0) is 10.8 Å². The summed E-state index contributed by atoms with van der Waals surface area (Å²) in [5.41, 5.74) is 15.9. The lowest BCUT2D eigenvalue weighted by atomic mass is 9.70. The van der Waals surface area contributed by atoms with Crippen LogP contribution in [0.2, 0.25) is 0 Å². The Bertz CT molecular complexity index is 802. The highest BCUT2D eigenvalue weighted by Crippen LogP contribution is 2.57. The molecule has 6 N–H and O–H groups in total. The van der Waals surface area contributed by atoms with Crippen LogP contribution in [0.4, 0.5) is 11.4 Å². The van der Waals surface area contributed by atoms with Gasteiger partial charge in [-0.05, 0) is 65.6 Å². The van der Waals surface area contributed by atoms with Crippen molar-refractivity contribution in [2.75, 3.05) is 11.5 Å². The molecule has 2 unspecified atom stereocenters. The molecule has 0 spiro atoms. The van der Waals surface area contributed by atoms with Crippen LogP contribution in [0.3, 0.4) is 0 Å². The van der Waals surface area contributed by atoms with Crippen LogP contribution in [0.25, 0.3) is 0 Å². The maximum absolute atomic E-state index is 10.2. The minimum atomic E-state index is -0.243. The first-order valence-corrected chi connectivity index (χ1v) is 8.50. The fourth-order valence-corrected chi connectivity index (χ4v) is 4.30. The third-order valence-corrected chi connectivity index (χ3v) is 5.99. The van der Waals surface area contributed by atoms with Crippen molar-refractivity contribution in [2.45, 2.75) is 50.9 Å². The molecule has 0 saturated heterocycles. The summed E-state index contributed by atoms with van der Waals surface area (Å²) >= 11 is 0. The van der Waals surface area contributed by atoms with Crippen LogP contribution in [0.5, 0.6) is 11.5 Å². The Morgan fingerprint density at radius 3 is 2.17 bits per heavy atom. The number of nitrogens with two attached hydrogens (primary N) is 2. The number of hydrogen-bond acceptors (Lipinski definition) is 4. The summed E-state index contributed by atoms with van der Waals surface area (Å²) in [6.07, 6.45) is 2.79. The Labute approximate surface area is 143 Å². The molecule has 4 heteroatoms. The summed E-state index contributed by atoms with van der Waals surface area (Å²) in [4.78, 5) is 0. The van der Waals surface area contributed by atoms with Gasteiger partial charge in [-0.2, -0.15) is 0 Å². The zero-order valence-electron chi connectivity index (χ0n) is 14.6. The van der Waals surface area contributed by atoms with E-state index in [0.717, 1.165) is 30.4 Å². The Hall–Kier alpha value is -2.36. The average Bonchev–Trinajstić information content (AvgIpc) is 2.81. The summed E-state index contributed by atoms with van der Waals surface area (Å²) in [6.45, 7) is 6.59. The van der Waals surface area contributed by atoms with Crippen LogP contribution in [0.1, 0.15) is 56.7 Å². The molecule has 1 aliphatic carbocycles. The number of aromatic hydroxyl groups is 2. The Kier molecular flexibility index (Phi) is 3.67. The lowest BCUT2D eigenvalue weighted by Crippen LogP contribution is -2.27. The van der Waals surface area contributed by atoms with Gasteiger partial charge in [0.2, 0.25) is 0 Å². The van der Waals surface area contributed by atoms with Gasteiger partial charge in [0.1, 0.15) is 11.5 Å². The van der Waals surface area contributed by atoms with Crippen molar-refractivity contribution in [1.82, 2.24) is 0 Å². The van der Waals surface area contributed by atoms with Crippen molar-refractivity contribution in [1.29, 1.82) is 0 Å². The molecule has 4 nitrogen and oxygen atoms in total. The maximum Gasteiger partial charge on any atom is 0.138 e. The molecule has 0 saturated carbocycles. The SMILES string of the molecule is CCC1(C)CC(CC)(c2ccc(O)c(N)c2)c2cc(O)c(N)cc21. The Balaban J connectivity index is 2.30. The van der Waals surface area contributed by atoms with E-state index >= 15 is 0 Å². The van der Waals surface area contributed by atoms with Gasteiger partial charge in [0.25, 0.3) is 0 Å². The van der Waals surface area contributed by atoms with E-state index in [-0.39, 0.29) is 22.3 Å². The van der Waals surface area contributed by atoms with Crippen LogP contribution in [0, 0.1) is 0 Å². The van der Waals surface area contributed by atoms with E-state index < -0.39 is 0 Å². The number of phenolic OH excluding ortho intramolecular Hbond substituents is 2. The summed E-state index contributed by atoms with van der Waals surface area (Å²) in [6, 6.07) is 9.19. The van der Waals surface area contributed by atoms with E-state index in [1.165, 1.54) is 5.56 Å². The normalized spacial score (nSPS) is 25.6. The van der Waals surface area contributed by atoms with E-state index in [4.69, 9.17) is 11.5 Å². The summed E-state index contributed by atoms with van der Waals surface area (Å²) in [7, 11) is 0. The standard InChI is InChI=1S/C20H26N2O2/c1-4-19(3)11-20(5-2,12-6-7-17(23)15(21)8-12)14-10-18(24)16(22)9-13(14)19/h6-10,23-24H,4-5,11,21-22H2,1-3H3. The lowest BCUT2D eigenvalue weighted by molar-refractivity contribution is 0.358. The first-order chi connectivity index (χ1) is 11.3. The first-order valence-electron chi connectivity index (χ1n) is 8.50. The predicted octanol–water partition coefficient (Wildman–Crippen LogP) is 4.03. The van der Waals surface area contributed by atoms with Gasteiger partial charge in [0, 0.05) is 5.41 Å². The highest BCUT2D eigenvalue weighted by Gasteiger charge is 2.49. The van der Waals surface area contributed by atoms with Crippen molar-refractivity contribution < 1.29 is 10.2 Å². The molecule has 0 amide bonds. The number of fused-ring (bicyclic) bond motifs is 1. The molecular weight excluding hydrogens is 300 g/mol. The minimum Gasteiger partial charge on any atom is -0.506 e. The van der Waals surface area contributed by atoms with Crippen molar-refractivity contribution in [3.05, 3.63) is 47.0 Å². The number of rotatable bonds is 3. The van der Waals surface area contributed by atoms with E-state index in [0.29, 0.717) is 11.4 Å². The number of hydrogen-bond donors (Lipinski definition) is 4. The van der Waals surface area contributed by atoms with Crippen LogP contribution in [-0.4, -0.2) is 10.2 Å². The fourth-order valence-electron chi connectivity index (χ4n) is 4.30. The van der Waals surface area contributed by atoms with Crippen LogP contribution in [0.15, 0.2) is 30.3 Å². The zero-order valence-corrected chi connectivity index (χ0v) is 14.6. The molecule has 3 rings (SSSR count). The third kappa shape index (κ3) is 2.13. The molecule has 0 aromatic heterocycles. The maximum atomic E-state index is 10.2. The molecular formula is C20H26N2O2. The highest BCUT2D eigenvalue weighted by atomic mass is 16.3. The van der Waals surface area contributed by atoms with Gasteiger partial charge in [-0.3, -0.25) is 0 Å². The topological polar surface area (TPSA) is 92.5 Å². The molecule has 2 aromatic rings. The molecule has 0 heterocycles. The molecule has 128 valence electrons. The van der Waals surface area contributed by atoms with Gasteiger partial charge in [0.05, 0.1) is 11.4 Å². The van der Waals surface area contributed by atoms with E-state index in [1.54, 1.807) is 6.07 Å².